The SMILES string of the molecule is CCOc1cc(/C=C(\C#N)c2ccc(Cl)cc2Cl)ccc1OCC(=O)O. The largest absolute Gasteiger partial charge is 0.490 e. The molecule has 0 saturated carbocycles. The fraction of sp³-hybridized carbons (Fsp3) is 0.158. The predicted octanol–water partition coefficient (Wildman–Crippen LogP) is 4.92. The average molecular weight is 392 g/mol. The molecule has 7 heteroatoms. The number of carboxylic acids is 1. The van der Waals surface area contributed by atoms with Crippen molar-refractivity contribution in [3.8, 4) is 17.6 Å². The first-order chi connectivity index (χ1) is 12.4. The van der Waals surface area contributed by atoms with Crippen LogP contribution in [0.5, 0.6) is 11.5 Å². The van der Waals surface area contributed by atoms with Gasteiger partial charge in [-0.15, -0.1) is 0 Å². The van der Waals surface area contributed by atoms with Gasteiger partial charge in [-0.3, -0.25) is 0 Å². The molecule has 2 rings (SSSR count). The Labute approximate surface area is 161 Å². The highest BCUT2D eigenvalue weighted by molar-refractivity contribution is 6.36. The second kappa shape index (κ2) is 9.14. The number of hydrogen-bond donors (Lipinski definition) is 1. The molecule has 0 bridgehead atoms. The van der Waals surface area contributed by atoms with Crippen LogP contribution in [0.3, 0.4) is 0 Å². The fourth-order valence-corrected chi connectivity index (χ4v) is 2.70. The Bertz CT molecular complexity index is 888. The molecule has 0 atom stereocenters. The molecule has 134 valence electrons. The molecule has 0 aromatic heterocycles. The zero-order chi connectivity index (χ0) is 19.1. The number of carboxylic acid groups (broad SMARTS) is 1. The highest BCUT2D eigenvalue weighted by Crippen LogP contribution is 2.32. The summed E-state index contributed by atoms with van der Waals surface area (Å²) in [6.07, 6.45) is 1.65. The Morgan fingerprint density at radius 1 is 1.19 bits per heavy atom. The number of allylic oxidation sites excluding steroid dienone is 1. The first kappa shape index (κ1) is 19.6. The molecule has 5 nitrogen and oxygen atoms in total. The lowest BCUT2D eigenvalue weighted by Crippen LogP contribution is -2.10. The minimum absolute atomic E-state index is 0.314. The molecular formula is C19H15Cl2NO4. The Hall–Kier alpha value is -2.68. The van der Waals surface area contributed by atoms with Gasteiger partial charge in [0, 0.05) is 10.6 Å². The lowest BCUT2D eigenvalue weighted by molar-refractivity contribution is -0.139. The van der Waals surface area contributed by atoms with Crippen LogP contribution in [0, 0.1) is 11.3 Å². The monoisotopic (exact) mass is 391 g/mol. The Balaban J connectivity index is 2.39. The van der Waals surface area contributed by atoms with Crippen LogP contribution in [0.15, 0.2) is 36.4 Å². The van der Waals surface area contributed by atoms with Gasteiger partial charge in [-0.1, -0.05) is 35.3 Å². The molecule has 0 aliphatic rings. The molecule has 0 aliphatic heterocycles. The summed E-state index contributed by atoms with van der Waals surface area (Å²) in [4.78, 5) is 10.7. The van der Waals surface area contributed by atoms with Crippen LogP contribution >= 0.6 is 23.2 Å². The molecule has 0 spiro atoms. The standard InChI is InChI=1S/C19H15Cl2NO4/c1-2-25-18-8-12(3-6-17(18)26-11-19(23)24)7-13(10-22)15-5-4-14(20)9-16(15)21/h3-9H,2,11H2,1H3,(H,23,24)/b13-7+. The van der Waals surface area contributed by atoms with E-state index in [2.05, 4.69) is 6.07 Å². The predicted molar refractivity (Wildman–Crippen MR) is 101 cm³/mol. The summed E-state index contributed by atoms with van der Waals surface area (Å²) >= 11 is 12.1. The van der Waals surface area contributed by atoms with Crippen LogP contribution in [0.25, 0.3) is 11.6 Å². The zero-order valence-electron chi connectivity index (χ0n) is 13.8. The number of hydrogen-bond acceptors (Lipinski definition) is 4. The van der Waals surface area contributed by atoms with Crippen LogP contribution in [-0.4, -0.2) is 24.3 Å². The van der Waals surface area contributed by atoms with Gasteiger partial charge in [0.25, 0.3) is 0 Å². The van der Waals surface area contributed by atoms with Crippen molar-refractivity contribution >= 4 is 40.8 Å². The Kier molecular flexibility index (Phi) is 6.90. The minimum atomic E-state index is -1.08. The Morgan fingerprint density at radius 2 is 1.96 bits per heavy atom. The van der Waals surface area contributed by atoms with E-state index in [-0.39, 0.29) is 0 Å². The first-order valence-electron chi connectivity index (χ1n) is 7.63. The lowest BCUT2D eigenvalue weighted by atomic mass is 10.0. The van der Waals surface area contributed by atoms with Gasteiger partial charge in [0.15, 0.2) is 18.1 Å². The topological polar surface area (TPSA) is 79.5 Å². The maximum Gasteiger partial charge on any atom is 0.341 e. The molecule has 26 heavy (non-hydrogen) atoms. The number of ether oxygens (including phenoxy) is 2. The van der Waals surface area contributed by atoms with Crippen molar-refractivity contribution in [2.24, 2.45) is 0 Å². The summed E-state index contributed by atoms with van der Waals surface area (Å²) in [5.74, 6) is -0.378. The van der Waals surface area contributed by atoms with Crippen molar-refractivity contribution in [3.63, 3.8) is 0 Å². The Morgan fingerprint density at radius 3 is 2.58 bits per heavy atom. The lowest BCUT2D eigenvalue weighted by Gasteiger charge is -2.11. The van der Waals surface area contributed by atoms with Crippen LogP contribution in [0.4, 0.5) is 0 Å². The van der Waals surface area contributed by atoms with Gasteiger partial charge in [0.1, 0.15) is 0 Å². The van der Waals surface area contributed by atoms with E-state index in [1.165, 1.54) is 0 Å². The molecule has 0 unspecified atom stereocenters. The highest BCUT2D eigenvalue weighted by atomic mass is 35.5. The third-order valence-electron chi connectivity index (χ3n) is 3.27. The quantitative estimate of drug-likeness (QED) is 0.535. The average Bonchev–Trinajstić information content (AvgIpc) is 2.59. The van der Waals surface area contributed by atoms with Gasteiger partial charge in [0.2, 0.25) is 0 Å². The van der Waals surface area contributed by atoms with E-state index in [1.54, 1.807) is 49.4 Å². The summed E-state index contributed by atoms with van der Waals surface area (Å²) < 4.78 is 10.7. The second-order valence-electron chi connectivity index (χ2n) is 5.12. The van der Waals surface area contributed by atoms with E-state index >= 15 is 0 Å². The summed E-state index contributed by atoms with van der Waals surface area (Å²) in [6, 6.07) is 12.0. The van der Waals surface area contributed by atoms with Gasteiger partial charge in [0.05, 0.1) is 23.3 Å². The molecule has 0 aliphatic carbocycles. The van der Waals surface area contributed by atoms with Crippen LogP contribution in [-0.2, 0) is 4.79 Å². The molecule has 2 aromatic rings. The number of rotatable bonds is 7. The molecule has 0 amide bonds. The highest BCUT2D eigenvalue weighted by Gasteiger charge is 2.10. The zero-order valence-corrected chi connectivity index (χ0v) is 15.3. The molecular weight excluding hydrogens is 377 g/mol. The number of halogens is 2. The maximum absolute atomic E-state index is 10.7. The summed E-state index contributed by atoms with van der Waals surface area (Å²) in [5, 5.41) is 19.1. The van der Waals surface area contributed by atoms with E-state index in [0.29, 0.717) is 44.9 Å². The van der Waals surface area contributed by atoms with Crippen LogP contribution in [0.1, 0.15) is 18.1 Å². The molecule has 0 radical (unpaired) electrons. The number of aliphatic carboxylic acids is 1. The van der Waals surface area contributed by atoms with Gasteiger partial charge in [-0.2, -0.15) is 5.26 Å². The molecule has 0 fully saturated rings. The number of carbonyl (C=O) groups is 1. The normalized spacial score (nSPS) is 10.9. The molecule has 0 heterocycles. The van der Waals surface area contributed by atoms with Crippen molar-refractivity contribution < 1.29 is 19.4 Å². The van der Waals surface area contributed by atoms with Gasteiger partial charge < -0.3 is 14.6 Å². The third kappa shape index (κ3) is 5.16. The van der Waals surface area contributed by atoms with Gasteiger partial charge in [-0.25, -0.2) is 4.79 Å². The van der Waals surface area contributed by atoms with Crippen molar-refractivity contribution in [3.05, 3.63) is 57.6 Å². The number of nitrogens with zero attached hydrogens (tertiary/aromatic N) is 1. The van der Waals surface area contributed by atoms with Crippen molar-refractivity contribution in [1.29, 1.82) is 5.26 Å². The smallest absolute Gasteiger partial charge is 0.341 e. The number of benzene rings is 2. The van der Waals surface area contributed by atoms with E-state index < -0.39 is 12.6 Å². The van der Waals surface area contributed by atoms with Gasteiger partial charge >= 0.3 is 5.97 Å². The van der Waals surface area contributed by atoms with E-state index in [0.717, 1.165) is 0 Å². The van der Waals surface area contributed by atoms with Crippen LogP contribution < -0.4 is 9.47 Å². The van der Waals surface area contributed by atoms with Crippen molar-refractivity contribution in [1.82, 2.24) is 0 Å². The van der Waals surface area contributed by atoms with Crippen molar-refractivity contribution in [2.45, 2.75) is 6.92 Å². The van der Waals surface area contributed by atoms with Crippen LogP contribution in [0.2, 0.25) is 10.0 Å². The van der Waals surface area contributed by atoms with E-state index in [4.69, 9.17) is 37.8 Å². The van der Waals surface area contributed by atoms with Crippen molar-refractivity contribution in [2.75, 3.05) is 13.2 Å². The molecule has 0 saturated heterocycles. The first-order valence-corrected chi connectivity index (χ1v) is 8.38. The summed E-state index contributed by atoms with van der Waals surface area (Å²) in [5.41, 5.74) is 1.59. The van der Waals surface area contributed by atoms with Gasteiger partial charge in [-0.05, 0) is 42.8 Å². The molecule has 1 N–H and O–H groups in total. The van der Waals surface area contributed by atoms with E-state index in [1.807, 2.05) is 0 Å². The summed E-state index contributed by atoms with van der Waals surface area (Å²) in [7, 11) is 0. The summed E-state index contributed by atoms with van der Waals surface area (Å²) in [6.45, 7) is 1.71. The van der Waals surface area contributed by atoms with E-state index in [9.17, 15) is 10.1 Å². The maximum atomic E-state index is 10.7. The fourth-order valence-electron chi connectivity index (χ4n) is 2.19. The molecule has 2 aromatic carbocycles. The third-order valence-corrected chi connectivity index (χ3v) is 3.82. The second-order valence-corrected chi connectivity index (χ2v) is 5.96. The minimum Gasteiger partial charge on any atom is -0.490 e. The number of nitriles is 1.